The van der Waals surface area contributed by atoms with Crippen LogP contribution >= 0.6 is 0 Å². The fourth-order valence-electron chi connectivity index (χ4n) is 2.60. The second-order valence-corrected chi connectivity index (χ2v) is 6.79. The van der Waals surface area contributed by atoms with Crippen molar-refractivity contribution < 1.29 is 18.7 Å². The molecular weight excluding hydrogens is 296 g/mol. The third-order valence-corrected chi connectivity index (χ3v) is 3.75. The summed E-state index contributed by atoms with van der Waals surface area (Å²) in [5.41, 5.74) is -0.493. The monoisotopic (exact) mass is 324 g/mol. The first kappa shape index (κ1) is 17.8. The topological polar surface area (TPSA) is 63.9 Å². The molecule has 1 aromatic heterocycles. The van der Waals surface area contributed by atoms with Gasteiger partial charge in [-0.15, -0.1) is 0 Å². The van der Waals surface area contributed by atoms with Crippen LogP contribution in [0.2, 0.25) is 0 Å². The highest BCUT2D eigenvalue weighted by molar-refractivity contribution is 5.68. The van der Waals surface area contributed by atoms with Crippen molar-refractivity contribution in [2.45, 2.75) is 51.8 Å². The molecule has 0 bridgehead atoms. The van der Waals surface area contributed by atoms with Crippen LogP contribution in [0.15, 0.2) is 22.8 Å². The molecule has 1 aromatic rings. The van der Waals surface area contributed by atoms with E-state index in [9.17, 15) is 4.79 Å². The predicted octanol–water partition coefficient (Wildman–Crippen LogP) is 2.96. The first-order valence-corrected chi connectivity index (χ1v) is 8.25. The number of carbonyl (C=O) groups is 1. The van der Waals surface area contributed by atoms with Crippen molar-refractivity contribution in [1.29, 1.82) is 0 Å². The Kier molecular flexibility index (Phi) is 6.07. The van der Waals surface area contributed by atoms with Crippen molar-refractivity contribution >= 4 is 6.09 Å². The molecule has 2 rings (SSSR count). The zero-order chi connectivity index (χ0) is 16.9. The molecule has 2 unspecified atom stereocenters. The summed E-state index contributed by atoms with van der Waals surface area (Å²) in [7, 11) is 0. The molecule has 2 atom stereocenters. The van der Waals surface area contributed by atoms with Gasteiger partial charge in [0.2, 0.25) is 0 Å². The SMILES string of the molecule is CCC(NCC1COCCN1C(=O)OC(C)(C)C)c1ccco1. The molecule has 1 N–H and O–H groups in total. The van der Waals surface area contributed by atoms with Gasteiger partial charge in [0, 0.05) is 13.1 Å². The summed E-state index contributed by atoms with van der Waals surface area (Å²) >= 11 is 0. The number of nitrogens with one attached hydrogen (secondary N) is 1. The van der Waals surface area contributed by atoms with Crippen LogP contribution in [0.1, 0.15) is 45.9 Å². The molecule has 0 aromatic carbocycles. The summed E-state index contributed by atoms with van der Waals surface area (Å²) in [6.45, 7) is 9.99. The van der Waals surface area contributed by atoms with Crippen LogP contribution in [0.3, 0.4) is 0 Å². The third kappa shape index (κ3) is 5.25. The van der Waals surface area contributed by atoms with Gasteiger partial charge < -0.3 is 19.2 Å². The highest BCUT2D eigenvalue weighted by atomic mass is 16.6. The molecular formula is C17H28N2O4. The van der Waals surface area contributed by atoms with E-state index < -0.39 is 5.60 Å². The number of hydrogen-bond acceptors (Lipinski definition) is 5. The van der Waals surface area contributed by atoms with Crippen LogP contribution in [-0.2, 0) is 9.47 Å². The first-order valence-electron chi connectivity index (χ1n) is 8.25. The lowest BCUT2D eigenvalue weighted by atomic mass is 10.1. The normalized spacial score (nSPS) is 20.3. The molecule has 0 radical (unpaired) electrons. The molecule has 1 aliphatic heterocycles. The predicted molar refractivity (Wildman–Crippen MR) is 87.3 cm³/mol. The Hall–Kier alpha value is -1.53. The van der Waals surface area contributed by atoms with Crippen LogP contribution < -0.4 is 5.32 Å². The molecule has 0 aliphatic carbocycles. The van der Waals surface area contributed by atoms with Crippen LogP contribution in [-0.4, -0.2) is 48.9 Å². The fourth-order valence-corrected chi connectivity index (χ4v) is 2.60. The van der Waals surface area contributed by atoms with Gasteiger partial charge in [-0.2, -0.15) is 0 Å². The van der Waals surface area contributed by atoms with E-state index in [4.69, 9.17) is 13.9 Å². The molecule has 0 saturated carbocycles. The maximum Gasteiger partial charge on any atom is 0.410 e. The van der Waals surface area contributed by atoms with Gasteiger partial charge >= 0.3 is 6.09 Å². The smallest absolute Gasteiger partial charge is 0.410 e. The lowest BCUT2D eigenvalue weighted by molar-refractivity contribution is -0.0323. The summed E-state index contributed by atoms with van der Waals surface area (Å²) in [6.07, 6.45) is 2.31. The van der Waals surface area contributed by atoms with Crippen molar-refractivity contribution in [3.8, 4) is 0 Å². The third-order valence-electron chi connectivity index (χ3n) is 3.75. The summed E-state index contributed by atoms with van der Waals surface area (Å²) < 4.78 is 16.5. The Bertz CT molecular complexity index is 481. The summed E-state index contributed by atoms with van der Waals surface area (Å²) in [5.74, 6) is 0.910. The van der Waals surface area contributed by atoms with Gasteiger partial charge in [-0.1, -0.05) is 6.92 Å². The molecule has 130 valence electrons. The standard InChI is InChI=1S/C17H28N2O4/c1-5-14(15-7-6-9-22-15)18-11-13-12-21-10-8-19(13)16(20)23-17(2,3)4/h6-7,9,13-14,18H,5,8,10-12H2,1-4H3. The van der Waals surface area contributed by atoms with E-state index >= 15 is 0 Å². The summed E-state index contributed by atoms with van der Waals surface area (Å²) in [5, 5.41) is 3.47. The second-order valence-electron chi connectivity index (χ2n) is 6.79. The Balaban J connectivity index is 1.94. The molecule has 23 heavy (non-hydrogen) atoms. The molecule has 6 heteroatoms. The van der Waals surface area contributed by atoms with E-state index in [0.29, 0.717) is 26.3 Å². The Morgan fingerprint density at radius 3 is 2.91 bits per heavy atom. The minimum atomic E-state index is -0.493. The van der Waals surface area contributed by atoms with Gasteiger partial charge in [-0.25, -0.2) is 4.79 Å². The zero-order valence-corrected chi connectivity index (χ0v) is 14.5. The first-order chi connectivity index (χ1) is 10.9. The molecule has 1 saturated heterocycles. The molecule has 1 aliphatic rings. The molecule has 1 amide bonds. The number of rotatable bonds is 5. The Morgan fingerprint density at radius 2 is 2.30 bits per heavy atom. The summed E-state index contributed by atoms with van der Waals surface area (Å²) in [4.78, 5) is 14.1. The van der Waals surface area contributed by atoms with Crippen LogP contribution in [0.25, 0.3) is 0 Å². The van der Waals surface area contributed by atoms with E-state index in [-0.39, 0.29) is 18.2 Å². The second kappa shape index (κ2) is 7.84. The van der Waals surface area contributed by atoms with Crippen LogP contribution in [0, 0.1) is 0 Å². The number of nitrogens with zero attached hydrogens (tertiary/aromatic N) is 1. The van der Waals surface area contributed by atoms with E-state index in [0.717, 1.165) is 12.2 Å². The van der Waals surface area contributed by atoms with Crippen molar-refractivity contribution in [2.75, 3.05) is 26.3 Å². The lowest BCUT2D eigenvalue weighted by Crippen LogP contribution is -2.54. The largest absolute Gasteiger partial charge is 0.468 e. The van der Waals surface area contributed by atoms with E-state index in [1.807, 2.05) is 32.9 Å². The van der Waals surface area contributed by atoms with Crippen molar-refractivity contribution in [3.05, 3.63) is 24.2 Å². The van der Waals surface area contributed by atoms with Crippen LogP contribution in [0.4, 0.5) is 4.79 Å². The molecule has 0 spiro atoms. The maximum atomic E-state index is 12.4. The average molecular weight is 324 g/mol. The van der Waals surface area contributed by atoms with Crippen molar-refractivity contribution in [3.63, 3.8) is 0 Å². The van der Waals surface area contributed by atoms with Gasteiger partial charge in [0.1, 0.15) is 11.4 Å². The van der Waals surface area contributed by atoms with Gasteiger partial charge in [0.25, 0.3) is 0 Å². The minimum Gasteiger partial charge on any atom is -0.468 e. The van der Waals surface area contributed by atoms with E-state index in [1.54, 1.807) is 11.2 Å². The van der Waals surface area contributed by atoms with E-state index in [1.165, 1.54) is 0 Å². The number of ether oxygens (including phenoxy) is 2. The van der Waals surface area contributed by atoms with Gasteiger partial charge in [0.05, 0.1) is 31.6 Å². The zero-order valence-electron chi connectivity index (χ0n) is 14.5. The maximum absolute atomic E-state index is 12.4. The number of amides is 1. The number of hydrogen-bond donors (Lipinski definition) is 1. The lowest BCUT2D eigenvalue weighted by Gasteiger charge is -2.37. The average Bonchev–Trinajstić information content (AvgIpc) is 3.01. The number of carbonyl (C=O) groups excluding carboxylic acids is 1. The Labute approximate surface area is 138 Å². The quantitative estimate of drug-likeness (QED) is 0.902. The van der Waals surface area contributed by atoms with E-state index in [2.05, 4.69) is 12.2 Å². The van der Waals surface area contributed by atoms with Gasteiger partial charge in [-0.05, 0) is 39.3 Å². The van der Waals surface area contributed by atoms with Crippen molar-refractivity contribution in [2.24, 2.45) is 0 Å². The van der Waals surface area contributed by atoms with Gasteiger partial charge in [-0.3, -0.25) is 4.90 Å². The minimum absolute atomic E-state index is 0.0392. The number of morpholine rings is 1. The highest BCUT2D eigenvalue weighted by Crippen LogP contribution is 2.18. The molecule has 2 heterocycles. The molecule has 6 nitrogen and oxygen atoms in total. The highest BCUT2D eigenvalue weighted by Gasteiger charge is 2.31. The summed E-state index contributed by atoms with van der Waals surface area (Å²) in [6, 6.07) is 3.94. The molecule has 1 fully saturated rings. The van der Waals surface area contributed by atoms with Gasteiger partial charge in [0.15, 0.2) is 0 Å². The fraction of sp³-hybridized carbons (Fsp3) is 0.706. The van der Waals surface area contributed by atoms with Crippen molar-refractivity contribution in [1.82, 2.24) is 10.2 Å². The van der Waals surface area contributed by atoms with Crippen LogP contribution in [0.5, 0.6) is 0 Å². The Morgan fingerprint density at radius 1 is 1.52 bits per heavy atom. The number of furan rings is 1.